The Morgan fingerprint density at radius 2 is 1.71 bits per heavy atom. The molecule has 3 aromatic rings. The highest BCUT2D eigenvalue weighted by Crippen LogP contribution is 2.28. The molecule has 162 valence electrons. The molecule has 0 aliphatic rings. The molecule has 7 nitrogen and oxygen atoms in total. The lowest BCUT2D eigenvalue weighted by Crippen LogP contribution is -2.21. The number of carbonyl (C=O) groups excluding carboxylic acids is 1. The largest absolute Gasteiger partial charge is 0.495 e. The number of anilines is 2. The zero-order valence-corrected chi connectivity index (χ0v) is 18.5. The van der Waals surface area contributed by atoms with Crippen LogP contribution in [0.5, 0.6) is 11.5 Å². The predicted molar refractivity (Wildman–Crippen MR) is 121 cm³/mol. The average Bonchev–Trinajstić information content (AvgIpc) is 2.73. The van der Waals surface area contributed by atoms with Crippen molar-refractivity contribution in [3.05, 3.63) is 77.3 Å². The quantitative estimate of drug-likeness (QED) is 0.517. The van der Waals surface area contributed by atoms with Gasteiger partial charge in [-0.2, -0.15) is 0 Å². The minimum absolute atomic E-state index is 0.0920. The lowest BCUT2D eigenvalue weighted by Gasteiger charge is -2.13. The molecule has 0 aromatic heterocycles. The second-order valence-corrected chi connectivity index (χ2v) is 8.70. The predicted octanol–water partition coefficient (Wildman–Crippen LogP) is 4.48. The highest BCUT2D eigenvalue weighted by atomic mass is 35.5. The summed E-state index contributed by atoms with van der Waals surface area (Å²) in [5, 5.41) is 3.13. The fourth-order valence-electron chi connectivity index (χ4n) is 2.78. The van der Waals surface area contributed by atoms with Gasteiger partial charge in [0.15, 0.2) is 6.61 Å². The minimum atomic E-state index is -3.75. The standard InChI is InChI=1S/C22H21ClN2O5S/c1-15-12-18(31(27,28)25-17-6-4-3-5-7-17)9-11-20(15)30-14-22(26)24-19-13-16(23)8-10-21(19)29-2/h3-13,25H,14H2,1-2H3,(H,24,26). The summed E-state index contributed by atoms with van der Waals surface area (Å²) < 4.78 is 38.4. The Bertz CT molecular complexity index is 1180. The van der Waals surface area contributed by atoms with Crippen LogP contribution in [-0.2, 0) is 14.8 Å². The summed E-state index contributed by atoms with van der Waals surface area (Å²) in [7, 11) is -2.26. The van der Waals surface area contributed by atoms with E-state index in [4.69, 9.17) is 21.1 Å². The number of rotatable bonds is 8. The van der Waals surface area contributed by atoms with Crippen molar-refractivity contribution in [1.29, 1.82) is 0 Å². The number of sulfonamides is 1. The van der Waals surface area contributed by atoms with Gasteiger partial charge < -0.3 is 14.8 Å². The van der Waals surface area contributed by atoms with Gasteiger partial charge in [-0.15, -0.1) is 0 Å². The molecule has 3 aromatic carbocycles. The molecular weight excluding hydrogens is 440 g/mol. The van der Waals surface area contributed by atoms with Gasteiger partial charge in [-0.25, -0.2) is 8.42 Å². The number of aryl methyl sites for hydroxylation is 1. The number of amides is 1. The molecule has 0 aliphatic carbocycles. The Hall–Kier alpha value is -3.23. The Morgan fingerprint density at radius 1 is 1.00 bits per heavy atom. The average molecular weight is 461 g/mol. The third-order valence-corrected chi connectivity index (χ3v) is 5.89. The monoisotopic (exact) mass is 460 g/mol. The number of nitrogens with one attached hydrogen (secondary N) is 2. The van der Waals surface area contributed by atoms with E-state index in [0.717, 1.165) is 0 Å². The van der Waals surface area contributed by atoms with Gasteiger partial charge in [-0.1, -0.05) is 29.8 Å². The molecule has 0 fully saturated rings. The van der Waals surface area contributed by atoms with Gasteiger partial charge in [0.25, 0.3) is 15.9 Å². The van der Waals surface area contributed by atoms with Crippen LogP contribution in [0.4, 0.5) is 11.4 Å². The summed E-state index contributed by atoms with van der Waals surface area (Å²) in [4.78, 5) is 12.4. The van der Waals surface area contributed by atoms with Gasteiger partial charge >= 0.3 is 0 Å². The first kappa shape index (κ1) is 22.5. The molecule has 0 bridgehead atoms. The summed E-state index contributed by atoms with van der Waals surface area (Å²) in [5.74, 6) is 0.448. The molecule has 0 spiro atoms. The van der Waals surface area contributed by atoms with Gasteiger partial charge in [0.1, 0.15) is 11.5 Å². The van der Waals surface area contributed by atoms with E-state index in [9.17, 15) is 13.2 Å². The number of benzene rings is 3. The van der Waals surface area contributed by atoms with E-state index in [1.54, 1.807) is 55.5 Å². The zero-order chi connectivity index (χ0) is 22.4. The minimum Gasteiger partial charge on any atom is -0.495 e. The van der Waals surface area contributed by atoms with E-state index in [1.165, 1.54) is 25.3 Å². The second-order valence-electron chi connectivity index (χ2n) is 6.58. The summed E-state index contributed by atoms with van der Waals surface area (Å²) >= 11 is 5.96. The summed E-state index contributed by atoms with van der Waals surface area (Å²) in [6, 6.07) is 17.9. The van der Waals surface area contributed by atoms with Gasteiger partial charge in [-0.05, 0) is 61.0 Å². The zero-order valence-electron chi connectivity index (χ0n) is 16.9. The van der Waals surface area contributed by atoms with Gasteiger partial charge in [0, 0.05) is 10.7 Å². The highest BCUT2D eigenvalue weighted by molar-refractivity contribution is 7.92. The lowest BCUT2D eigenvalue weighted by molar-refractivity contribution is -0.118. The number of hydrogen-bond donors (Lipinski definition) is 2. The van der Waals surface area contributed by atoms with Crippen molar-refractivity contribution in [2.24, 2.45) is 0 Å². The van der Waals surface area contributed by atoms with E-state index >= 15 is 0 Å². The number of hydrogen-bond acceptors (Lipinski definition) is 5. The van der Waals surface area contributed by atoms with Gasteiger partial charge in [0.05, 0.1) is 17.7 Å². The van der Waals surface area contributed by atoms with Crippen LogP contribution in [0, 0.1) is 6.92 Å². The molecule has 3 rings (SSSR count). The smallest absolute Gasteiger partial charge is 0.262 e. The topological polar surface area (TPSA) is 93.7 Å². The van der Waals surface area contributed by atoms with E-state index in [-0.39, 0.29) is 11.5 Å². The summed E-state index contributed by atoms with van der Waals surface area (Å²) in [6.45, 7) is 1.43. The molecule has 0 aliphatic heterocycles. The third kappa shape index (κ3) is 5.90. The molecule has 1 amide bonds. The van der Waals surface area contributed by atoms with Crippen LogP contribution in [0.3, 0.4) is 0 Å². The van der Waals surface area contributed by atoms with Crippen molar-refractivity contribution >= 4 is 38.9 Å². The van der Waals surface area contributed by atoms with Crippen LogP contribution < -0.4 is 19.5 Å². The van der Waals surface area contributed by atoms with Crippen molar-refractivity contribution in [3.63, 3.8) is 0 Å². The molecule has 0 unspecified atom stereocenters. The Kier molecular flexibility index (Phi) is 7.04. The molecule has 9 heteroatoms. The van der Waals surface area contributed by atoms with Crippen molar-refractivity contribution in [1.82, 2.24) is 0 Å². The first-order chi connectivity index (χ1) is 14.8. The first-order valence-electron chi connectivity index (χ1n) is 9.23. The van der Waals surface area contributed by atoms with Crippen molar-refractivity contribution in [3.8, 4) is 11.5 Å². The van der Waals surface area contributed by atoms with Crippen molar-refractivity contribution in [2.75, 3.05) is 23.8 Å². The van der Waals surface area contributed by atoms with Crippen LogP contribution in [-0.4, -0.2) is 28.0 Å². The first-order valence-corrected chi connectivity index (χ1v) is 11.1. The molecule has 0 atom stereocenters. The molecule has 0 radical (unpaired) electrons. The summed E-state index contributed by atoms with van der Waals surface area (Å²) in [6.07, 6.45) is 0. The molecule has 0 heterocycles. The van der Waals surface area contributed by atoms with Crippen LogP contribution in [0.1, 0.15) is 5.56 Å². The number of methoxy groups -OCH3 is 1. The van der Waals surface area contributed by atoms with Crippen LogP contribution in [0.2, 0.25) is 5.02 Å². The fraction of sp³-hybridized carbons (Fsp3) is 0.136. The van der Waals surface area contributed by atoms with Crippen LogP contribution in [0.15, 0.2) is 71.6 Å². The maximum absolute atomic E-state index is 12.6. The molecule has 31 heavy (non-hydrogen) atoms. The normalized spacial score (nSPS) is 10.9. The number of para-hydroxylation sites is 1. The van der Waals surface area contributed by atoms with Gasteiger partial charge in [-0.3, -0.25) is 9.52 Å². The van der Waals surface area contributed by atoms with Crippen molar-refractivity contribution in [2.45, 2.75) is 11.8 Å². The SMILES string of the molecule is COc1ccc(Cl)cc1NC(=O)COc1ccc(S(=O)(=O)Nc2ccccc2)cc1C. The van der Waals surface area contributed by atoms with E-state index < -0.39 is 15.9 Å². The molecule has 0 saturated carbocycles. The van der Waals surface area contributed by atoms with E-state index in [1.807, 2.05) is 0 Å². The summed E-state index contributed by atoms with van der Waals surface area (Å²) in [5.41, 5.74) is 1.46. The third-order valence-electron chi connectivity index (χ3n) is 4.28. The highest BCUT2D eigenvalue weighted by Gasteiger charge is 2.16. The fourth-order valence-corrected chi connectivity index (χ4v) is 4.09. The number of ether oxygens (including phenoxy) is 2. The second kappa shape index (κ2) is 9.72. The maximum atomic E-state index is 12.6. The van der Waals surface area contributed by atoms with Crippen molar-refractivity contribution < 1.29 is 22.7 Å². The Balaban J connectivity index is 1.65. The Morgan fingerprint density at radius 3 is 2.39 bits per heavy atom. The Labute approximate surface area is 186 Å². The van der Waals surface area contributed by atoms with E-state index in [0.29, 0.717) is 33.5 Å². The molecule has 2 N–H and O–H groups in total. The van der Waals surface area contributed by atoms with Crippen LogP contribution in [0.25, 0.3) is 0 Å². The lowest BCUT2D eigenvalue weighted by atomic mass is 10.2. The van der Waals surface area contributed by atoms with E-state index in [2.05, 4.69) is 10.0 Å². The van der Waals surface area contributed by atoms with Crippen LogP contribution >= 0.6 is 11.6 Å². The number of halogens is 1. The maximum Gasteiger partial charge on any atom is 0.262 e. The molecule has 0 saturated heterocycles. The molecular formula is C22H21ClN2O5S. The number of carbonyl (C=O) groups is 1. The van der Waals surface area contributed by atoms with Gasteiger partial charge in [0.2, 0.25) is 0 Å².